The first-order chi connectivity index (χ1) is 11.0. The zero-order chi connectivity index (χ0) is 16.1. The Hall–Kier alpha value is -0.950. The van der Waals surface area contributed by atoms with Crippen LogP contribution in [0.25, 0.3) is 0 Å². The van der Waals surface area contributed by atoms with Gasteiger partial charge in [0.25, 0.3) is 0 Å². The van der Waals surface area contributed by atoms with Gasteiger partial charge in [-0.1, -0.05) is 18.2 Å². The van der Waals surface area contributed by atoms with Crippen molar-refractivity contribution in [3.05, 3.63) is 30.3 Å². The summed E-state index contributed by atoms with van der Waals surface area (Å²) in [5, 5.41) is 9.53. The molecule has 0 amide bonds. The zero-order valence-electron chi connectivity index (χ0n) is 13.3. The molecule has 3 fully saturated rings. The van der Waals surface area contributed by atoms with Crippen molar-refractivity contribution in [2.24, 2.45) is 11.8 Å². The number of hydrogen-bond donors (Lipinski definition) is 1. The SMILES string of the molecule is O=S(=O)(c1ccccc1)N1CC2(C[C@@H](CO)CN2CC2CC2)C1. The van der Waals surface area contributed by atoms with Crippen LogP contribution in [0.2, 0.25) is 0 Å². The Morgan fingerprint density at radius 3 is 2.43 bits per heavy atom. The van der Waals surface area contributed by atoms with E-state index in [0.717, 1.165) is 25.4 Å². The Bertz CT molecular complexity index is 666. The van der Waals surface area contributed by atoms with E-state index in [2.05, 4.69) is 4.90 Å². The number of nitrogens with zero attached hydrogens (tertiary/aromatic N) is 2. The molecule has 0 aromatic heterocycles. The summed E-state index contributed by atoms with van der Waals surface area (Å²) in [5.41, 5.74) is -0.0438. The van der Waals surface area contributed by atoms with Crippen LogP contribution in [0.5, 0.6) is 0 Å². The smallest absolute Gasteiger partial charge is 0.243 e. The topological polar surface area (TPSA) is 60.9 Å². The summed E-state index contributed by atoms with van der Waals surface area (Å²) in [4.78, 5) is 2.84. The fourth-order valence-electron chi connectivity index (χ4n) is 4.09. The van der Waals surface area contributed by atoms with Crippen molar-refractivity contribution < 1.29 is 13.5 Å². The standard InChI is InChI=1S/C17H24N2O3S/c20-11-15-8-17(18(10-15)9-14-6-7-14)12-19(13-17)23(21,22)16-4-2-1-3-5-16/h1-5,14-15,20H,6-13H2/t15-/m1/s1. The second kappa shape index (κ2) is 5.55. The third kappa shape index (κ3) is 2.71. The maximum absolute atomic E-state index is 12.7. The molecule has 2 aliphatic heterocycles. The summed E-state index contributed by atoms with van der Waals surface area (Å²) in [6.45, 7) is 3.30. The largest absolute Gasteiger partial charge is 0.396 e. The van der Waals surface area contributed by atoms with Crippen LogP contribution in [0.3, 0.4) is 0 Å². The van der Waals surface area contributed by atoms with Gasteiger partial charge in [0.1, 0.15) is 0 Å². The van der Waals surface area contributed by atoms with E-state index >= 15 is 0 Å². The van der Waals surface area contributed by atoms with E-state index in [9.17, 15) is 13.5 Å². The third-order valence-electron chi connectivity index (χ3n) is 5.57. The van der Waals surface area contributed by atoms with Gasteiger partial charge in [0.05, 0.1) is 4.90 Å². The van der Waals surface area contributed by atoms with E-state index in [1.807, 2.05) is 6.07 Å². The van der Waals surface area contributed by atoms with Crippen LogP contribution < -0.4 is 0 Å². The van der Waals surface area contributed by atoms with E-state index in [-0.39, 0.29) is 18.1 Å². The normalized spacial score (nSPS) is 28.1. The van der Waals surface area contributed by atoms with Crippen LogP contribution in [-0.2, 0) is 10.0 Å². The summed E-state index contributed by atoms with van der Waals surface area (Å²) in [5.74, 6) is 1.07. The van der Waals surface area contributed by atoms with Gasteiger partial charge < -0.3 is 5.11 Å². The quantitative estimate of drug-likeness (QED) is 0.876. The van der Waals surface area contributed by atoms with E-state index in [0.29, 0.717) is 18.0 Å². The third-order valence-corrected chi connectivity index (χ3v) is 7.38. The molecule has 1 N–H and O–H groups in total. The molecule has 1 aromatic carbocycles. The summed E-state index contributed by atoms with van der Waals surface area (Å²) < 4.78 is 27.0. The van der Waals surface area contributed by atoms with Crippen LogP contribution in [0, 0.1) is 11.8 Å². The van der Waals surface area contributed by atoms with Gasteiger partial charge in [-0.05, 0) is 43.2 Å². The number of rotatable bonds is 5. The van der Waals surface area contributed by atoms with Gasteiger partial charge in [-0.25, -0.2) is 8.42 Å². The van der Waals surface area contributed by atoms with Gasteiger partial charge >= 0.3 is 0 Å². The molecule has 23 heavy (non-hydrogen) atoms. The van der Waals surface area contributed by atoms with Crippen LogP contribution >= 0.6 is 0 Å². The number of hydrogen-bond acceptors (Lipinski definition) is 4. The molecule has 4 rings (SSSR count). The van der Waals surface area contributed by atoms with Gasteiger partial charge in [0.2, 0.25) is 10.0 Å². The summed E-state index contributed by atoms with van der Waals surface area (Å²) in [6.07, 6.45) is 3.50. The average molecular weight is 336 g/mol. The lowest BCUT2D eigenvalue weighted by Crippen LogP contribution is -2.68. The molecule has 1 aromatic rings. The molecule has 1 atom stereocenters. The number of benzene rings is 1. The molecule has 2 heterocycles. The molecule has 0 bridgehead atoms. The fraction of sp³-hybridized carbons (Fsp3) is 0.647. The molecule has 126 valence electrons. The highest BCUT2D eigenvalue weighted by Gasteiger charge is 2.56. The minimum absolute atomic E-state index is 0.0438. The Labute approximate surface area is 138 Å². The van der Waals surface area contributed by atoms with Crippen LogP contribution in [0.1, 0.15) is 19.3 Å². The second-order valence-electron chi connectivity index (χ2n) is 7.41. The van der Waals surface area contributed by atoms with E-state index in [4.69, 9.17) is 0 Å². The van der Waals surface area contributed by atoms with Gasteiger partial charge in [0.15, 0.2) is 0 Å². The minimum atomic E-state index is -3.38. The Morgan fingerprint density at radius 1 is 1.13 bits per heavy atom. The molecular weight excluding hydrogens is 312 g/mol. The zero-order valence-corrected chi connectivity index (χ0v) is 14.1. The highest BCUT2D eigenvalue weighted by atomic mass is 32.2. The lowest BCUT2D eigenvalue weighted by Gasteiger charge is -2.52. The Kier molecular flexibility index (Phi) is 3.76. The van der Waals surface area contributed by atoms with Crippen molar-refractivity contribution in [2.75, 3.05) is 32.8 Å². The van der Waals surface area contributed by atoms with Crippen molar-refractivity contribution in [3.63, 3.8) is 0 Å². The van der Waals surface area contributed by atoms with Gasteiger partial charge in [-0.3, -0.25) is 4.90 Å². The molecule has 1 saturated carbocycles. The maximum Gasteiger partial charge on any atom is 0.243 e. The molecular formula is C17H24N2O3S. The molecule has 2 saturated heterocycles. The van der Waals surface area contributed by atoms with Crippen LogP contribution in [0.4, 0.5) is 0 Å². The van der Waals surface area contributed by atoms with E-state index < -0.39 is 10.0 Å². The predicted molar refractivity (Wildman–Crippen MR) is 87.4 cm³/mol. The molecule has 0 unspecified atom stereocenters. The van der Waals surface area contributed by atoms with Crippen LogP contribution in [-0.4, -0.2) is 61.1 Å². The maximum atomic E-state index is 12.7. The molecule has 0 radical (unpaired) electrons. The molecule has 5 nitrogen and oxygen atoms in total. The van der Waals surface area contributed by atoms with E-state index in [1.54, 1.807) is 28.6 Å². The number of aliphatic hydroxyl groups excluding tert-OH is 1. The van der Waals surface area contributed by atoms with Gasteiger partial charge in [0, 0.05) is 38.3 Å². The van der Waals surface area contributed by atoms with Crippen molar-refractivity contribution in [3.8, 4) is 0 Å². The van der Waals surface area contributed by atoms with Gasteiger partial charge in [-0.15, -0.1) is 0 Å². The highest BCUT2D eigenvalue weighted by Crippen LogP contribution is 2.44. The first kappa shape index (κ1) is 15.6. The molecule has 1 spiro atoms. The minimum Gasteiger partial charge on any atom is -0.396 e. The van der Waals surface area contributed by atoms with Gasteiger partial charge in [-0.2, -0.15) is 4.31 Å². The number of sulfonamides is 1. The van der Waals surface area contributed by atoms with Crippen molar-refractivity contribution >= 4 is 10.0 Å². The van der Waals surface area contributed by atoms with E-state index in [1.165, 1.54) is 12.8 Å². The first-order valence-corrected chi connectivity index (χ1v) is 9.89. The van der Waals surface area contributed by atoms with Crippen molar-refractivity contribution in [1.29, 1.82) is 0 Å². The number of aliphatic hydroxyl groups is 1. The second-order valence-corrected chi connectivity index (χ2v) is 9.35. The van der Waals surface area contributed by atoms with Crippen LogP contribution in [0.15, 0.2) is 35.2 Å². The lowest BCUT2D eigenvalue weighted by atomic mass is 9.86. The summed E-state index contributed by atoms with van der Waals surface area (Å²) >= 11 is 0. The molecule has 3 aliphatic rings. The predicted octanol–water partition coefficient (Wildman–Crippen LogP) is 1.15. The Balaban J connectivity index is 1.50. The Morgan fingerprint density at radius 2 is 1.83 bits per heavy atom. The fourth-order valence-corrected chi connectivity index (χ4v) is 5.71. The summed E-state index contributed by atoms with van der Waals surface area (Å²) in [6, 6.07) is 8.68. The summed E-state index contributed by atoms with van der Waals surface area (Å²) in [7, 11) is -3.38. The monoisotopic (exact) mass is 336 g/mol. The average Bonchev–Trinajstić information content (AvgIpc) is 3.25. The first-order valence-electron chi connectivity index (χ1n) is 8.45. The highest BCUT2D eigenvalue weighted by molar-refractivity contribution is 7.89. The number of likely N-dealkylation sites (tertiary alicyclic amines) is 1. The van der Waals surface area contributed by atoms with Crippen molar-refractivity contribution in [1.82, 2.24) is 9.21 Å². The molecule has 1 aliphatic carbocycles. The lowest BCUT2D eigenvalue weighted by molar-refractivity contribution is 0.0168. The van der Waals surface area contributed by atoms with Crippen molar-refractivity contribution in [2.45, 2.75) is 29.7 Å². The molecule has 6 heteroatoms.